The number of nitrogens with zero attached hydrogens (tertiary/aromatic N) is 2. The van der Waals surface area contributed by atoms with Crippen molar-refractivity contribution in [2.75, 3.05) is 17.3 Å². The molecule has 2 aromatic heterocycles. The lowest BCUT2D eigenvalue weighted by Crippen LogP contribution is -2.14. The molecule has 0 radical (unpaired) electrons. The summed E-state index contributed by atoms with van der Waals surface area (Å²) in [6, 6.07) is 1.80. The highest BCUT2D eigenvalue weighted by atomic mass is 32.1. The van der Waals surface area contributed by atoms with E-state index in [9.17, 15) is 13.2 Å². The van der Waals surface area contributed by atoms with Crippen molar-refractivity contribution >= 4 is 23.0 Å². The number of anilines is 2. The zero-order valence-electron chi connectivity index (χ0n) is 10.2. The van der Waals surface area contributed by atoms with Crippen LogP contribution in [0.5, 0.6) is 0 Å². The Kier molecular flexibility index (Phi) is 4.40. The van der Waals surface area contributed by atoms with Gasteiger partial charge in [0.05, 0.1) is 16.8 Å². The molecule has 5 nitrogen and oxygen atoms in total. The molecule has 0 bridgehead atoms. The lowest BCUT2D eigenvalue weighted by atomic mass is 10.2. The highest BCUT2D eigenvalue weighted by Gasteiger charge is 2.31. The van der Waals surface area contributed by atoms with Gasteiger partial charge in [0.25, 0.3) is 0 Å². The van der Waals surface area contributed by atoms with Gasteiger partial charge < -0.3 is 10.7 Å². The Labute approximate surface area is 117 Å². The maximum absolute atomic E-state index is 12.7. The Hall–Kier alpha value is -1.87. The quantitative estimate of drug-likeness (QED) is 0.584. The van der Waals surface area contributed by atoms with Crippen LogP contribution < -0.4 is 16.6 Å². The van der Waals surface area contributed by atoms with Gasteiger partial charge in [0.2, 0.25) is 0 Å². The van der Waals surface area contributed by atoms with E-state index < -0.39 is 11.7 Å². The van der Waals surface area contributed by atoms with Crippen LogP contribution in [0.4, 0.5) is 24.8 Å². The minimum Gasteiger partial charge on any atom is -0.370 e. The second kappa shape index (κ2) is 6.06. The third-order valence-corrected chi connectivity index (χ3v) is 3.11. The monoisotopic (exact) mass is 303 g/mol. The molecule has 2 aromatic rings. The second-order valence-electron chi connectivity index (χ2n) is 3.92. The van der Waals surface area contributed by atoms with Gasteiger partial charge in [0, 0.05) is 18.3 Å². The van der Waals surface area contributed by atoms with Crippen molar-refractivity contribution in [3.63, 3.8) is 0 Å². The minimum atomic E-state index is -4.44. The number of nitrogens with two attached hydrogens (primary N) is 1. The number of halogens is 3. The van der Waals surface area contributed by atoms with E-state index in [0.717, 1.165) is 17.8 Å². The first kappa shape index (κ1) is 14.5. The van der Waals surface area contributed by atoms with E-state index >= 15 is 0 Å². The van der Waals surface area contributed by atoms with Gasteiger partial charge in [0.1, 0.15) is 11.6 Å². The highest BCUT2D eigenvalue weighted by Crippen LogP contribution is 2.31. The van der Waals surface area contributed by atoms with Gasteiger partial charge >= 0.3 is 6.18 Å². The van der Waals surface area contributed by atoms with E-state index in [0.29, 0.717) is 13.0 Å². The summed E-state index contributed by atoms with van der Waals surface area (Å²) in [6.07, 6.45) is -3.84. The molecule has 0 aliphatic heterocycles. The van der Waals surface area contributed by atoms with E-state index in [1.54, 1.807) is 5.51 Å². The van der Waals surface area contributed by atoms with Crippen LogP contribution in [0.2, 0.25) is 0 Å². The third-order valence-electron chi connectivity index (χ3n) is 2.47. The average molecular weight is 303 g/mol. The molecule has 4 N–H and O–H groups in total. The topological polar surface area (TPSA) is 75.9 Å². The van der Waals surface area contributed by atoms with Crippen LogP contribution in [0.1, 0.15) is 11.3 Å². The summed E-state index contributed by atoms with van der Waals surface area (Å²) in [6.45, 7) is 0.433. The number of thiazole rings is 1. The number of nitrogen functional groups attached to an aromatic ring is 1. The molecule has 2 rings (SSSR count). The van der Waals surface area contributed by atoms with E-state index in [-0.39, 0.29) is 11.6 Å². The van der Waals surface area contributed by atoms with E-state index in [1.165, 1.54) is 11.3 Å². The molecule has 0 saturated heterocycles. The molecule has 0 atom stereocenters. The van der Waals surface area contributed by atoms with Crippen LogP contribution in [0, 0.1) is 0 Å². The fraction of sp³-hybridized carbons (Fsp3) is 0.273. The van der Waals surface area contributed by atoms with Crippen molar-refractivity contribution in [2.24, 2.45) is 5.84 Å². The summed E-state index contributed by atoms with van der Waals surface area (Å²) in [5, 5.41) is 4.71. The fourth-order valence-electron chi connectivity index (χ4n) is 1.54. The van der Waals surface area contributed by atoms with Gasteiger partial charge in [-0.15, -0.1) is 11.3 Å². The van der Waals surface area contributed by atoms with Crippen LogP contribution in [0.25, 0.3) is 0 Å². The molecule has 0 aliphatic rings. The molecule has 0 fully saturated rings. The number of nitrogens with one attached hydrogen (secondary N) is 2. The zero-order chi connectivity index (χ0) is 14.6. The maximum Gasteiger partial charge on any atom is 0.416 e. The molecule has 0 amide bonds. The molecule has 2 heterocycles. The molecule has 9 heteroatoms. The van der Waals surface area contributed by atoms with E-state index in [1.807, 2.05) is 5.38 Å². The van der Waals surface area contributed by atoms with Gasteiger partial charge in [-0.1, -0.05) is 0 Å². The fourth-order valence-corrected chi connectivity index (χ4v) is 2.13. The Morgan fingerprint density at radius 3 is 2.60 bits per heavy atom. The number of alkyl halides is 3. The Balaban J connectivity index is 2.06. The number of hydrogen-bond donors (Lipinski definition) is 3. The average Bonchev–Trinajstić information content (AvgIpc) is 2.90. The molecule has 0 saturated carbocycles. The predicted octanol–water partition coefficient (Wildman–Crippen LogP) is 2.50. The lowest BCUT2D eigenvalue weighted by Gasteiger charge is -2.12. The summed E-state index contributed by atoms with van der Waals surface area (Å²) in [5.74, 6) is 5.19. The molecule has 0 aromatic carbocycles. The third kappa shape index (κ3) is 3.81. The Bertz CT molecular complexity index is 556. The zero-order valence-corrected chi connectivity index (χ0v) is 11.1. The van der Waals surface area contributed by atoms with Crippen molar-refractivity contribution in [2.45, 2.75) is 12.6 Å². The first-order chi connectivity index (χ1) is 9.49. The Morgan fingerprint density at radius 1 is 1.25 bits per heavy atom. The van der Waals surface area contributed by atoms with Crippen LogP contribution in [-0.4, -0.2) is 16.5 Å². The van der Waals surface area contributed by atoms with Crippen molar-refractivity contribution in [3.05, 3.63) is 34.3 Å². The SMILES string of the molecule is NNc1cc(C(F)(F)F)cc(NCCc2cscn2)n1. The normalized spacial score (nSPS) is 11.4. The summed E-state index contributed by atoms with van der Waals surface area (Å²) >= 11 is 1.47. The lowest BCUT2D eigenvalue weighted by molar-refractivity contribution is -0.137. The van der Waals surface area contributed by atoms with Gasteiger partial charge in [-0.2, -0.15) is 13.2 Å². The van der Waals surface area contributed by atoms with Gasteiger partial charge in [-0.3, -0.25) is 0 Å². The molecular formula is C11H12F3N5S. The van der Waals surface area contributed by atoms with Crippen LogP contribution >= 0.6 is 11.3 Å². The standard InChI is InChI=1S/C11H12F3N5S/c12-11(13,14)7-3-9(18-10(4-7)19-15)16-2-1-8-5-20-6-17-8/h3-6H,1-2,15H2,(H2,16,18,19). The van der Waals surface area contributed by atoms with Crippen molar-refractivity contribution in [1.29, 1.82) is 0 Å². The number of pyridine rings is 1. The summed E-state index contributed by atoms with van der Waals surface area (Å²) in [5.41, 5.74) is 3.90. The smallest absolute Gasteiger partial charge is 0.370 e. The number of aromatic nitrogens is 2. The Morgan fingerprint density at radius 2 is 2.00 bits per heavy atom. The maximum atomic E-state index is 12.7. The molecule has 20 heavy (non-hydrogen) atoms. The summed E-state index contributed by atoms with van der Waals surface area (Å²) in [7, 11) is 0. The number of hydrazine groups is 1. The van der Waals surface area contributed by atoms with Crippen LogP contribution in [0.15, 0.2) is 23.0 Å². The van der Waals surface area contributed by atoms with E-state index in [2.05, 4.69) is 20.7 Å². The van der Waals surface area contributed by atoms with Crippen LogP contribution in [0.3, 0.4) is 0 Å². The van der Waals surface area contributed by atoms with Gasteiger partial charge in [-0.25, -0.2) is 15.8 Å². The first-order valence-electron chi connectivity index (χ1n) is 5.66. The largest absolute Gasteiger partial charge is 0.416 e. The van der Waals surface area contributed by atoms with Crippen molar-refractivity contribution in [1.82, 2.24) is 9.97 Å². The van der Waals surface area contributed by atoms with Crippen molar-refractivity contribution in [3.8, 4) is 0 Å². The summed E-state index contributed by atoms with van der Waals surface area (Å²) < 4.78 is 38.1. The number of hydrogen-bond acceptors (Lipinski definition) is 6. The summed E-state index contributed by atoms with van der Waals surface area (Å²) in [4.78, 5) is 8.00. The number of rotatable bonds is 5. The van der Waals surface area contributed by atoms with E-state index in [4.69, 9.17) is 5.84 Å². The molecule has 108 valence electrons. The van der Waals surface area contributed by atoms with Crippen molar-refractivity contribution < 1.29 is 13.2 Å². The highest BCUT2D eigenvalue weighted by molar-refractivity contribution is 7.07. The van der Waals surface area contributed by atoms with Crippen LogP contribution in [-0.2, 0) is 12.6 Å². The first-order valence-corrected chi connectivity index (χ1v) is 6.60. The predicted molar refractivity (Wildman–Crippen MR) is 71.4 cm³/mol. The second-order valence-corrected chi connectivity index (χ2v) is 4.64. The van der Waals surface area contributed by atoms with Gasteiger partial charge in [0.15, 0.2) is 0 Å². The molecule has 0 unspecified atom stereocenters. The van der Waals surface area contributed by atoms with Gasteiger partial charge in [-0.05, 0) is 12.1 Å². The molecular weight excluding hydrogens is 291 g/mol. The molecule has 0 spiro atoms. The molecule has 0 aliphatic carbocycles. The minimum absolute atomic E-state index is 0.0454.